The Bertz CT molecular complexity index is 1230. The molecule has 1 aliphatic heterocycles. The van der Waals surface area contributed by atoms with Crippen molar-refractivity contribution in [2.24, 2.45) is 5.92 Å². The van der Waals surface area contributed by atoms with E-state index in [1.807, 2.05) is 24.3 Å². The first-order chi connectivity index (χ1) is 15.3. The van der Waals surface area contributed by atoms with Crippen molar-refractivity contribution in [1.29, 1.82) is 0 Å². The lowest BCUT2D eigenvalue weighted by molar-refractivity contribution is 0.0927. The molecule has 6 nitrogen and oxygen atoms in total. The second-order valence-corrected chi connectivity index (χ2v) is 10.8. The monoisotopic (exact) mass is 474 g/mol. The average molecular weight is 475 g/mol. The molecule has 0 atom stereocenters. The number of rotatable bonds is 6. The number of aryl methyl sites for hydroxylation is 1. The number of hydrogen-bond donors (Lipinski definition) is 1. The summed E-state index contributed by atoms with van der Waals surface area (Å²) in [6.07, 6.45) is 2.40. The van der Waals surface area contributed by atoms with Crippen molar-refractivity contribution in [2.45, 2.75) is 38.0 Å². The van der Waals surface area contributed by atoms with Crippen LogP contribution in [0.3, 0.4) is 0 Å². The van der Waals surface area contributed by atoms with E-state index >= 15 is 0 Å². The van der Waals surface area contributed by atoms with Crippen LogP contribution < -0.4 is 5.32 Å². The fourth-order valence-electron chi connectivity index (χ4n) is 4.00. The molecule has 1 fully saturated rings. The minimum absolute atomic E-state index is 0.206. The summed E-state index contributed by atoms with van der Waals surface area (Å²) in [6.45, 7) is 5.44. The molecular weight excluding hydrogens is 448 g/mol. The van der Waals surface area contributed by atoms with E-state index in [0.717, 1.165) is 18.4 Å². The molecule has 1 aliphatic rings. The molecular formula is C24H27ClN2O4S. The molecule has 2 aromatic carbocycles. The van der Waals surface area contributed by atoms with Gasteiger partial charge in [-0.3, -0.25) is 4.79 Å². The fourth-order valence-corrected chi connectivity index (χ4v) is 5.63. The highest BCUT2D eigenvalue weighted by molar-refractivity contribution is 7.89. The van der Waals surface area contributed by atoms with E-state index in [1.54, 1.807) is 29.4 Å². The Labute approximate surface area is 193 Å². The van der Waals surface area contributed by atoms with Crippen LogP contribution in [0.25, 0.3) is 11.0 Å². The van der Waals surface area contributed by atoms with Crippen molar-refractivity contribution >= 4 is 38.5 Å². The third-order valence-corrected chi connectivity index (χ3v) is 8.25. The third-order valence-electron chi connectivity index (χ3n) is 6.11. The molecule has 1 amide bonds. The van der Waals surface area contributed by atoms with E-state index < -0.39 is 10.0 Å². The summed E-state index contributed by atoms with van der Waals surface area (Å²) >= 11 is 5.90. The van der Waals surface area contributed by atoms with Gasteiger partial charge in [-0.15, -0.1) is 0 Å². The number of carbonyl (C=O) groups excluding carboxylic acids is 1. The standard InChI is InChI=1S/C24H27ClN2O4S/c1-16-10-13-27(14-11-16)32(29,30)20-7-8-22-21(15-20)17(2)23(31-22)24(28)26-12-9-18-3-5-19(25)6-4-18/h3-8,15-16H,9-14H2,1-2H3,(H,26,28). The lowest BCUT2D eigenvalue weighted by Gasteiger charge is -2.29. The first kappa shape index (κ1) is 22.8. The van der Waals surface area contributed by atoms with Gasteiger partial charge >= 0.3 is 0 Å². The molecule has 170 valence electrons. The predicted octanol–water partition coefficient (Wildman–Crippen LogP) is 4.79. The number of benzene rings is 2. The number of hydrogen-bond acceptors (Lipinski definition) is 4. The first-order valence-electron chi connectivity index (χ1n) is 10.8. The Morgan fingerprint density at radius 1 is 1.16 bits per heavy atom. The number of sulfonamides is 1. The zero-order chi connectivity index (χ0) is 22.9. The highest BCUT2D eigenvalue weighted by Crippen LogP contribution is 2.30. The molecule has 0 unspecified atom stereocenters. The van der Waals surface area contributed by atoms with Crippen LogP contribution in [0.2, 0.25) is 5.02 Å². The summed E-state index contributed by atoms with van der Waals surface area (Å²) in [5, 5.41) is 4.18. The number of carbonyl (C=O) groups is 1. The summed E-state index contributed by atoms with van der Waals surface area (Å²) in [4.78, 5) is 12.9. The molecule has 1 saturated heterocycles. The molecule has 1 aromatic heterocycles. The van der Waals surface area contributed by atoms with E-state index in [2.05, 4.69) is 12.2 Å². The molecule has 0 radical (unpaired) electrons. The summed E-state index contributed by atoms with van der Waals surface area (Å²) in [6, 6.07) is 12.3. The zero-order valence-electron chi connectivity index (χ0n) is 18.2. The molecule has 0 spiro atoms. The van der Waals surface area contributed by atoms with E-state index in [4.69, 9.17) is 16.0 Å². The smallest absolute Gasteiger partial charge is 0.287 e. The number of nitrogens with zero attached hydrogens (tertiary/aromatic N) is 1. The summed E-state index contributed by atoms with van der Waals surface area (Å²) in [7, 11) is -3.57. The quantitative estimate of drug-likeness (QED) is 0.557. The zero-order valence-corrected chi connectivity index (χ0v) is 19.8. The topological polar surface area (TPSA) is 79.6 Å². The van der Waals surface area contributed by atoms with E-state index in [0.29, 0.717) is 53.5 Å². The van der Waals surface area contributed by atoms with Gasteiger partial charge in [0.1, 0.15) is 5.58 Å². The maximum atomic E-state index is 13.1. The second-order valence-electron chi connectivity index (χ2n) is 8.43. The Kier molecular flexibility index (Phi) is 6.60. The minimum Gasteiger partial charge on any atom is -0.451 e. The predicted molar refractivity (Wildman–Crippen MR) is 126 cm³/mol. The van der Waals surface area contributed by atoms with Gasteiger partial charge in [0.05, 0.1) is 4.90 Å². The lowest BCUT2D eigenvalue weighted by Crippen LogP contribution is -2.37. The van der Waals surface area contributed by atoms with Crippen molar-refractivity contribution in [3.05, 3.63) is 64.4 Å². The van der Waals surface area contributed by atoms with Crippen LogP contribution in [0.5, 0.6) is 0 Å². The van der Waals surface area contributed by atoms with E-state index in [-0.39, 0.29) is 16.6 Å². The van der Waals surface area contributed by atoms with Crippen LogP contribution in [0.4, 0.5) is 0 Å². The molecule has 8 heteroatoms. The number of halogens is 1. The van der Waals surface area contributed by atoms with E-state index in [1.165, 1.54) is 0 Å². The van der Waals surface area contributed by atoms with Crippen molar-refractivity contribution in [2.75, 3.05) is 19.6 Å². The van der Waals surface area contributed by atoms with Crippen LogP contribution >= 0.6 is 11.6 Å². The van der Waals surface area contributed by atoms with Gasteiger partial charge in [-0.05, 0) is 68.0 Å². The van der Waals surface area contributed by atoms with Crippen LogP contribution in [0, 0.1) is 12.8 Å². The lowest BCUT2D eigenvalue weighted by atomic mass is 10.0. The van der Waals surface area contributed by atoms with Gasteiger partial charge in [-0.1, -0.05) is 30.7 Å². The molecule has 0 saturated carbocycles. The summed E-state index contributed by atoms with van der Waals surface area (Å²) in [5.41, 5.74) is 2.20. The third kappa shape index (κ3) is 4.70. The first-order valence-corrected chi connectivity index (χ1v) is 12.6. The summed E-state index contributed by atoms with van der Waals surface area (Å²) < 4.78 is 33.5. The Morgan fingerprint density at radius 2 is 1.84 bits per heavy atom. The minimum atomic E-state index is -3.57. The molecule has 1 N–H and O–H groups in total. The largest absolute Gasteiger partial charge is 0.451 e. The Morgan fingerprint density at radius 3 is 2.53 bits per heavy atom. The number of fused-ring (bicyclic) bond motifs is 1. The van der Waals surface area contributed by atoms with Gasteiger partial charge in [0, 0.05) is 35.6 Å². The SMILES string of the molecule is Cc1c(C(=O)NCCc2ccc(Cl)cc2)oc2ccc(S(=O)(=O)N3CCC(C)CC3)cc12. The van der Waals surface area contributed by atoms with Gasteiger partial charge in [-0.2, -0.15) is 4.31 Å². The molecule has 4 rings (SSSR count). The van der Waals surface area contributed by atoms with Crippen LogP contribution in [-0.2, 0) is 16.4 Å². The Balaban J connectivity index is 1.50. The summed E-state index contributed by atoms with van der Waals surface area (Å²) in [5.74, 6) is 0.431. The van der Waals surface area contributed by atoms with Crippen molar-refractivity contribution in [3.8, 4) is 0 Å². The van der Waals surface area contributed by atoms with Gasteiger partial charge in [0.25, 0.3) is 5.91 Å². The number of piperidine rings is 1. The molecule has 2 heterocycles. The number of amides is 1. The van der Waals surface area contributed by atoms with Crippen LogP contribution in [-0.4, -0.2) is 38.3 Å². The van der Waals surface area contributed by atoms with Gasteiger partial charge in [0.2, 0.25) is 10.0 Å². The van der Waals surface area contributed by atoms with Gasteiger partial charge < -0.3 is 9.73 Å². The maximum absolute atomic E-state index is 13.1. The average Bonchev–Trinajstić information content (AvgIpc) is 3.11. The van der Waals surface area contributed by atoms with Gasteiger partial charge in [-0.25, -0.2) is 8.42 Å². The van der Waals surface area contributed by atoms with Crippen molar-refractivity contribution < 1.29 is 17.6 Å². The van der Waals surface area contributed by atoms with Crippen LogP contribution in [0.1, 0.15) is 41.4 Å². The van der Waals surface area contributed by atoms with Crippen LogP contribution in [0.15, 0.2) is 51.8 Å². The highest BCUT2D eigenvalue weighted by Gasteiger charge is 2.29. The highest BCUT2D eigenvalue weighted by atomic mass is 35.5. The molecule has 0 bridgehead atoms. The van der Waals surface area contributed by atoms with E-state index in [9.17, 15) is 13.2 Å². The molecule has 0 aliphatic carbocycles. The maximum Gasteiger partial charge on any atom is 0.287 e. The van der Waals surface area contributed by atoms with Gasteiger partial charge in [0.15, 0.2) is 5.76 Å². The fraction of sp³-hybridized carbons (Fsp3) is 0.375. The molecule has 3 aromatic rings. The normalized spacial score (nSPS) is 15.8. The number of nitrogens with one attached hydrogen (secondary N) is 1. The molecule has 32 heavy (non-hydrogen) atoms. The van der Waals surface area contributed by atoms with Crippen molar-refractivity contribution in [1.82, 2.24) is 9.62 Å². The number of furan rings is 1. The van der Waals surface area contributed by atoms with Crippen molar-refractivity contribution in [3.63, 3.8) is 0 Å². The second kappa shape index (κ2) is 9.25. The Hall–Kier alpha value is -2.35.